The molecule has 0 saturated heterocycles. The molecule has 2 aromatic rings. The molecule has 0 heterocycles. The fraction of sp³-hybridized carbons (Fsp3) is 0.188. The highest BCUT2D eigenvalue weighted by Gasteiger charge is 2.11. The minimum atomic E-state index is -0.935. The molecular formula is C16H15F2NO2. The molecule has 5 heteroatoms. The van der Waals surface area contributed by atoms with Crippen molar-refractivity contribution in [2.45, 2.75) is 12.5 Å². The van der Waals surface area contributed by atoms with Gasteiger partial charge in [-0.2, -0.15) is 0 Å². The van der Waals surface area contributed by atoms with E-state index in [2.05, 4.69) is 5.32 Å². The number of hydrogen-bond acceptors (Lipinski definition) is 2. The lowest BCUT2D eigenvalue weighted by Gasteiger charge is -2.12. The van der Waals surface area contributed by atoms with Crippen LogP contribution in [0.5, 0.6) is 0 Å². The van der Waals surface area contributed by atoms with Crippen molar-refractivity contribution in [2.75, 3.05) is 6.54 Å². The second-order valence-electron chi connectivity index (χ2n) is 4.64. The van der Waals surface area contributed by atoms with Gasteiger partial charge in [-0.25, -0.2) is 8.78 Å². The van der Waals surface area contributed by atoms with Crippen LogP contribution >= 0.6 is 0 Å². The molecule has 0 spiro atoms. The molecule has 0 aliphatic rings. The first kappa shape index (κ1) is 15.1. The van der Waals surface area contributed by atoms with Gasteiger partial charge in [0, 0.05) is 6.54 Å². The van der Waals surface area contributed by atoms with Gasteiger partial charge in [-0.1, -0.05) is 30.3 Å². The van der Waals surface area contributed by atoms with E-state index in [-0.39, 0.29) is 18.9 Å². The Labute approximate surface area is 121 Å². The molecule has 0 bridgehead atoms. The van der Waals surface area contributed by atoms with Gasteiger partial charge < -0.3 is 10.4 Å². The molecule has 1 amide bonds. The molecule has 0 aromatic heterocycles. The molecule has 2 N–H and O–H groups in total. The molecule has 1 atom stereocenters. The quantitative estimate of drug-likeness (QED) is 0.888. The average molecular weight is 291 g/mol. The van der Waals surface area contributed by atoms with Crippen LogP contribution in [0.1, 0.15) is 17.2 Å². The molecule has 3 nitrogen and oxygen atoms in total. The van der Waals surface area contributed by atoms with Crippen molar-refractivity contribution in [3.8, 4) is 0 Å². The summed E-state index contributed by atoms with van der Waals surface area (Å²) >= 11 is 0. The lowest BCUT2D eigenvalue weighted by Crippen LogP contribution is -2.29. The summed E-state index contributed by atoms with van der Waals surface area (Å²) in [5, 5.41) is 12.4. The van der Waals surface area contributed by atoms with E-state index in [0.717, 1.165) is 0 Å². The molecule has 0 aliphatic carbocycles. The molecule has 0 aliphatic heterocycles. The molecule has 2 rings (SSSR count). The predicted molar refractivity (Wildman–Crippen MR) is 74.5 cm³/mol. The van der Waals surface area contributed by atoms with Crippen molar-refractivity contribution in [3.05, 3.63) is 71.3 Å². The molecular weight excluding hydrogens is 276 g/mol. The second-order valence-corrected chi connectivity index (χ2v) is 4.64. The molecule has 21 heavy (non-hydrogen) atoms. The maximum atomic E-state index is 13.4. The molecule has 1 unspecified atom stereocenters. The van der Waals surface area contributed by atoms with Gasteiger partial charge in [0.25, 0.3) is 0 Å². The van der Waals surface area contributed by atoms with E-state index >= 15 is 0 Å². The Morgan fingerprint density at radius 1 is 1.10 bits per heavy atom. The zero-order valence-corrected chi connectivity index (χ0v) is 11.2. The van der Waals surface area contributed by atoms with E-state index in [1.807, 2.05) is 0 Å². The summed E-state index contributed by atoms with van der Waals surface area (Å²) in [6, 6.07) is 11.4. The lowest BCUT2D eigenvalue weighted by molar-refractivity contribution is -0.120. The van der Waals surface area contributed by atoms with Gasteiger partial charge in [-0.05, 0) is 29.3 Å². The largest absolute Gasteiger partial charge is 0.387 e. The van der Waals surface area contributed by atoms with Gasteiger partial charge in [0.1, 0.15) is 11.6 Å². The van der Waals surface area contributed by atoms with Gasteiger partial charge >= 0.3 is 0 Å². The topological polar surface area (TPSA) is 49.3 Å². The van der Waals surface area contributed by atoms with Crippen molar-refractivity contribution < 1.29 is 18.7 Å². The summed E-state index contributed by atoms with van der Waals surface area (Å²) in [7, 11) is 0. The van der Waals surface area contributed by atoms with Crippen molar-refractivity contribution >= 4 is 5.91 Å². The van der Waals surface area contributed by atoms with Crippen LogP contribution in [-0.2, 0) is 11.2 Å². The van der Waals surface area contributed by atoms with Gasteiger partial charge in [-0.15, -0.1) is 0 Å². The van der Waals surface area contributed by atoms with Crippen LogP contribution in [0.25, 0.3) is 0 Å². The van der Waals surface area contributed by atoms with Crippen LogP contribution in [0.4, 0.5) is 8.78 Å². The number of carbonyl (C=O) groups is 1. The summed E-state index contributed by atoms with van der Waals surface area (Å²) in [4.78, 5) is 11.7. The van der Waals surface area contributed by atoms with E-state index in [0.29, 0.717) is 11.1 Å². The van der Waals surface area contributed by atoms with Gasteiger partial charge in [0.2, 0.25) is 5.91 Å². The number of amides is 1. The van der Waals surface area contributed by atoms with Crippen molar-refractivity contribution in [1.82, 2.24) is 5.32 Å². The van der Waals surface area contributed by atoms with Crippen LogP contribution in [0, 0.1) is 11.6 Å². The molecule has 110 valence electrons. The van der Waals surface area contributed by atoms with Crippen molar-refractivity contribution in [3.63, 3.8) is 0 Å². The first-order valence-electron chi connectivity index (χ1n) is 6.50. The van der Waals surface area contributed by atoms with E-state index < -0.39 is 17.7 Å². The van der Waals surface area contributed by atoms with E-state index in [4.69, 9.17) is 0 Å². The van der Waals surface area contributed by atoms with Crippen LogP contribution in [-0.4, -0.2) is 17.6 Å². The fourth-order valence-electron chi connectivity index (χ4n) is 1.89. The highest BCUT2D eigenvalue weighted by molar-refractivity contribution is 5.78. The van der Waals surface area contributed by atoms with Crippen LogP contribution in [0.15, 0.2) is 48.5 Å². The van der Waals surface area contributed by atoms with Crippen molar-refractivity contribution in [2.24, 2.45) is 0 Å². The fourth-order valence-corrected chi connectivity index (χ4v) is 1.89. The second kappa shape index (κ2) is 6.95. The van der Waals surface area contributed by atoms with E-state index in [9.17, 15) is 18.7 Å². The summed E-state index contributed by atoms with van der Waals surface area (Å²) in [5.74, 6) is -1.22. The Bertz CT molecular complexity index is 614. The number of hydrogen-bond donors (Lipinski definition) is 2. The van der Waals surface area contributed by atoms with Gasteiger partial charge in [-0.3, -0.25) is 4.79 Å². The third-order valence-electron chi connectivity index (χ3n) is 3.06. The molecule has 0 saturated carbocycles. The molecule has 0 fully saturated rings. The normalized spacial score (nSPS) is 12.0. The zero-order chi connectivity index (χ0) is 15.2. The summed E-state index contributed by atoms with van der Waals surface area (Å²) < 4.78 is 26.1. The standard InChI is InChI=1S/C16H15F2NO2/c17-13-7-5-11(6-8-13)15(20)10-19-16(21)9-12-3-1-2-4-14(12)18/h1-8,15,20H,9-10H2,(H,19,21). The number of aliphatic hydroxyl groups is 1. The lowest BCUT2D eigenvalue weighted by atomic mass is 10.1. The smallest absolute Gasteiger partial charge is 0.224 e. The number of carbonyl (C=O) groups excluding carboxylic acids is 1. The van der Waals surface area contributed by atoms with Gasteiger partial charge in [0.05, 0.1) is 12.5 Å². The highest BCUT2D eigenvalue weighted by atomic mass is 19.1. The third kappa shape index (κ3) is 4.36. The first-order chi connectivity index (χ1) is 10.1. The van der Waals surface area contributed by atoms with Gasteiger partial charge in [0.15, 0.2) is 0 Å². The summed E-state index contributed by atoms with van der Waals surface area (Å²) in [6.45, 7) is -0.0150. The summed E-state index contributed by atoms with van der Waals surface area (Å²) in [6.07, 6.45) is -1.03. The Balaban J connectivity index is 1.86. The maximum Gasteiger partial charge on any atom is 0.224 e. The molecule has 0 radical (unpaired) electrons. The minimum Gasteiger partial charge on any atom is -0.387 e. The van der Waals surface area contributed by atoms with Crippen molar-refractivity contribution in [1.29, 1.82) is 0 Å². The Kier molecular flexibility index (Phi) is 5.00. The average Bonchev–Trinajstić information content (AvgIpc) is 2.48. The predicted octanol–water partition coefficient (Wildman–Crippen LogP) is 2.36. The number of nitrogens with one attached hydrogen (secondary N) is 1. The van der Waals surface area contributed by atoms with Crippen LogP contribution < -0.4 is 5.32 Å². The number of rotatable bonds is 5. The highest BCUT2D eigenvalue weighted by Crippen LogP contribution is 2.12. The Hall–Kier alpha value is -2.27. The number of aliphatic hydroxyl groups excluding tert-OH is 1. The Morgan fingerprint density at radius 2 is 1.76 bits per heavy atom. The first-order valence-corrected chi connectivity index (χ1v) is 6.50. The minimum absolute atomic E-state index is 0.0150. The monoisotopic (exact) mass is 291 g/mol. The third-order valence-corrected chi connectivity index (χ3v) is 3.06. The molecule has 2 aromatic carbocycles. The maximum absolute atomic E-state index is 13.4. The number of benzene rings is 2. The van der Waals surface area contributed by atoms with Crippen LogP contribution in [0.3, 0.4) is 0 Å². The SMILES string of the molecule is O=C(Cc1ccccc1F)NCC(O)c1ccc(F)cc1. The van der Waals surface area contributed by atoms with E-state index in [1.54, 1.807) is 12.1 Å². The number of halogens is 2. The van der Waals surface area contributed by atoms with E-state index in [1.165, 1.54) is 36.4 Å². The Morgan fingerprint density at radius 3 is 2.43 bits per heavy atom. The summed E-state index contributed by atoms with van der Waals surface area (Å²) in [5.41, 5.74) is 0.800. The van der Waals surface area contributed by atoms with Crippen LogP contribution in [0.2, 0.25) is 0 Å². The zero-order valence-electron chi connectivity index (χ0n) is 11.2.